The van der Waals surface area contributed by atoms with E-state index in [0.29, 0.717) is 5.92 Å². The lowest BCUT2D eigenvalue weighted by Crippen LogP contribution is -2.32. The molecule has 5 heteroatoms. The normalized spacial score (nSPS) is 17.9. The smallest absolute Gasteiger partial charge is 0.133 e. The Kier molecular flexibility index (Phi) is 5.91. The van der Waals surface area contributed by atoms with Crippen LogP contribution >= 0.6 is 15.9 Å². The first-order valence-electron chi connectivity index (χ1n) is 11.2. The lowest BCUT2D eigenvalue weighted by molar-refractivity contribution is 0.203. The summed E-state index contributed by atoms with van der Waals surface area (Å²) in [6.07, 6.45) is 5.99. The van der Waals surface area contributed by atoms with Gasteiger partial charge in [-0.25, -0.2) is 4.68 Å². The first-order valence-corrected chi connectivity index (χ1v) is 11.9. The minimum atomic E-state index is 0.558. The molecule has 4 nitrogen and oxygen atoms in total. The van der Waals surface area contributed by atoms with E-state index < -0.39 is 0 Å². The van der Waals surface area contributed by atoms with E-state index in [1.807, 2.05) is 0 Å². The van der Waals surface area contributed by atoms with Gasteiger partial charge in [-0.15, -0.1) is 0 Å². The standard InChI is InChI=1S/C25H29BrN4/c26-21-9-11-22(12-10-21)30-25-23(8-4-5-15-27-25)24(28-30)20-13-16-29(17-14-20)18-19-6-2-1-3-7-19/h1-3,6-7,9-12,20,27H,4-5,8,13-18H2. The highest BCUT2D eigenvalue weighted by Crippen LogP contribution is 2.36. The Bertz CT molecular complexity index is 972. The Morgan fingerprint density at radius 1 is 0.967 bits per heavy atom. The van der Waals surface area contributed by atoms with E-state index in [0.717, 1.165) is 42.8 Å². The van der Waals surface area contributed by atoms with Gasteiger partial charge >= 0.3 is 0 Å². The highest BCUT2D eigenvalue weighted by atomic mass is 79.9. The van der Waals surface area contributed by atoms with Gasteiger partial charge in [-0.1, -0.05) is 46.3 Å². The predicted octanol–water partition coefficient (Wildman–Crippen LogP) is 5.76. The number of piperidine rings is 1. The van der Waals surface area contributed by atoms with Gasteiger partial charge in [-0.3, -0.25) is 4.90 Å². The van der Waals surface area contributed by atoms with Crippen LogP contribution in [0.25, 0.3) is 5.69 Å². The molecule has 1 saturated heterocycles. The van der Waals surface area contributed by atoms with Gasteiger partial charge in [0.25, 0.3) is 0 Å². The fraction of sp³-hybridized carbons (Fsp3) is 0.400. The second kappa shape index (κ2) is 8.94. The number of hydrogen-bond acceptors (Lipinski definition) is 3. The Morgan fingerprint density at radius 3 is 2.50 bits per heavy atom. The SMILES string of the molecule is Brc1ccc(-n2nc(C3CCN(Cc4ccccc4)CC3)c3c2NCCCC3)cc1. The van der Waals surface area contributed by atoms with E-state index in [9.17, 15) is 0 Å². The molecule has 156 valence electrons. The summed E-state index contributed by atoms with van der Waals surface area (Å²) in [7, 11) is 0. The fourth-order valence-electron chi connectivity index (χ4n) is 4.83. The average molecular weight is 465 g/mol. The first kappa shape index (κ1) is 19.8. The van der Waals surface area contributed by atoms with Gasteiger partial charge in [0, 0.05) is 29.0 Å². The molecule has 0 bridgehead atoms. The van der Waals surface area contributed by atoms with Crippen LogP contribution < -0.4 is 5.32 Å². The second-order valence-electron chi connectivity index (χ2n) is 8.52. The number of benzene rings is 2. The highest BCUT2D eigenvalue weighted by molar-refractivity contribution is 9.10. The molecule has 0 saturated carbocycles. The number of hydrogen-bond donors (Lipinski definition) is 1. The van der Waals surface area contributed by atoms with Crippen LogP contribution in [0.3, 0.4) is 0 Å². The molecular formula is C25H29BrN4. The van der Waals surface area contributed by atoms with Crippen molar-refractivity contribution >= 4 is 21.7 Å². The van der Waals surface area contributed by atoms with Crippen LogP contribution in [0.15, 0.2) is 59.1 Å². The Morgan fingerprint density at radius 2 is 1.73 bits per heavy atom. The molecule has 0 radical (unpaired) electrons. The quantitative estimate of drug-likeness (QED) is 0.532. The highest BCUT2D eigenvalue weighted by Gasteiger charge is 2.29. The summed E-state index contributed by atoms with van der Waals surface area (Å²) in [4.78, 5) is 2.59. The van der Waals surface area contributed by atoms with Gasteiger partial charge in [0.05, 0.1) is 11.4 Å². The molecule has 30 heavy (non-hydrogen) atoms. The molecular weight excluding hydrogens is 436 g/mol. The van der Waals surface area contributed by atoms with Crippen LogP contribution in [0.2, 0.25) is 0 Å². The molecule has 0 amide bonds. The third-order valence-corrected chi connectivity index (χ3v) is 6.98. The van der Waals surface area contributed by atoms with Crippen molar-refractivity contribution in [2.45, 2.75) is 44.6 Å². The molecule has 5 rings (SSSR count). The number of rotatable bonds is 4. The Balaban J connectivity index is 1.37. The van der Waals surface area contributed by atoms with Crippen LogP contribution in [-0.2, 0) is 13.0 Å². The minimum Gasteiger partial charge on any atom is -0.370 e. The monoisotopic (exact) mass is 464 g/mol. The first-order chi connectivity index (χ1) is 14.8. The Hall–Kier alpha value is -2.11. The zero-order chi connectivity index (χ0) is 20.3. The summed E-state index contributed by atoms with van der Waals surface area (Å²) in [5.41, 5.74) is 5.34. The molecule has 0 atom stereocenters. The van der Waals surface area contributed by atoms with E-state index in [-0.39, 0.29) is 0 Å². The van der Waals surface area contributed by atoms with Crippen LogP contribution in [-0.4, -0.2) is 34.3 Å². The maximum atomic E-state index is 5.19. The van der Waals surface area contributed by atoms with Crippen molar-refractivity contribution in [1.82, 2.24) is 14.7 Å². The van der Waals surface area contributed by atoms with Gasteiger partial charge in [-0.05, 0) is 75.0 Å². The zero-order valence-corrected chi connectivity index (χ0v) is 18.9. The van der Waals surface area contributed by atoms with Crippen LogP contribution in [0, 0.1) is 0 Å². The average Bonchev–Trinajstić information content (AvgIpc) is 2.97. The fourth-order valence-corrected chi connectivity index (χ4v) is 5.10. The third kappa shape index (κ3) is 4.19. The second-order valence-corrected chi connectivity index (χ2v) is 9.44. The molecule has 2 aromatic carbocycles. The van der Waals surface area contributed by atoms with Gasteiger partial charge in [0.2, 0.25) is 0 Å². The summed E-state index contributed by atoms with van der Waals surface area (Å²) in [6.45, 7) is 4.38. The van der Waals surface area contributed by atoms with Gasteiger partial charge in [-0.2, -0.15) is 5.10 Å². The molecule has 1 N–H and O–H groups in total. The largest absolute Gasteiger partial charge is 0.370 e. The van der Waals surface area contributed by atoms with Gasteiger partial charge < -0.3 is 5.32 Å². The minimum absolute atomic E-state index is 0.558. The zero-order valence-electron chi connectivity index (χ0n) is 17.4. The van der Waals surface area contributed by atoms with E-state index in [2.05, 4.69) is 85.4 Å². The Labute approximate surface area is 187 Å². The molecule has 1 fully saturated rings. The van der Waals surface area contributed by atoms with E-state index >= 15 is 0 Å². The van der Waals surface area contributed by atoms with Crippen molar-refractivity contribution in [3.63, 3.8) is 0 Å². The lowest BCUT2D eigenvalue weighted by atomic mass is 9.90. The van der Waals surface area contributed by atoms with Gasteiger partial charge in [0.15, 0.2) is 0 Å². The lowest BCUT2D eigenvalue weighted by Gasteiger charge is -2.31. The number of anilines is 1. The summed E-state index contributed by atoms with van der Waals surface area (Å²) < 4.78 is 3.25. The number of nitrogens with one attached hydrogen (secondary N) is 1. The summed E-state index contributed by atoms with van der Waals surface area (Å²) >= 11 is 3.55. The number of fused-ring (bicyclic) bond motifs is 1. The van der Waals surface area contributed by atoms with Crippen LogP contribution in [0.4, 0.5) is 5.82 Å². The van der Waals surface area contributed by atoms with E-state index in [1.54, 1.807) is 0 Å². The van der Waals surface area contributed by atoms with Crippen molar-refractivity contribution in [2.75, 3.05) is 25.0 Å². The molecule has 3 aromatic rings. The van der Waals surface area contributed by atoms with Crippen molar-refractivity contribution in [2.24, 2.45) is 0 Å². The molecule has 1 aromatic heterocycles. The molecule has 2 aliphatic rings. The summed E-state index contributed by atoms with van der Waals surface area (Å²) in [6, 6.07) is 19.3. The van der Waals surface area contributed by atoms with Crippen molar-refractivity contribution in [3.8, 4) is 5.69 Å². The van der Waals surface area contributed by atoms with Gasteiger partial charge in [0.1, 0.15) is 5.82 Å². The maximum absolute atomic E-state index is 5.19. The van der Waals surface area contributed by atoms with Crippen molar-refractivity contribution < 1.29 is 0 Å². The van der Waals surface area contributed by atoms with Crippen molar-refractivity contribution in [3.05, 3.63) is 75.9 Å². The molecule has 0 spiro atoms. The van der Waals surface area contributed by atoms with E-state index in [1.165, 1.54) is 48.3 Å². The number of nitrogens with zero attached hydrogens (tertiary/aromatic N) is 3. The van der Waals surface area contributed by atoms with Crippen LogP contribution in [0.5, 0.6) is 0 Å². The maximum Gasteiger partial charge on any atom is 0.133 e. The molecule has 2 aliphatic heterocycles. The number of likely N-dealkylation sites (tertiary alicyclic amines) is 1. The number of aromatic nitrogens is 2. The molecule has 0 aliphatic carbocycles. The predicted molar refractivity (Wildman–Crippen MR) is 126 cm³/mol. The molecule has 0 unspecified atom stereocenters. The summed E-state index contributed by atoms with van der Waals surface area (Å²) in [5.74, 6) is 1.78. The third-order valence-electron chi connectivity index (χ3n) is 6.46. The van der Waals surface area contributed by atoms with Crippen LogP contribution in [0.1, 0.15) is 48.4 Å². The summed E-state index contributed by atoms with van der Waals surface area (Å²) in [5, 5.41) is 8.87. The van der Waals surface area contributed by atoms with Crippen molar-refractivity contribution in [1.29, 1.82) is 0 Å². The molecule has 3 heterocycles. The van der Waals surface area contributed by atoms with E-state index in [4.69, 9.17) is 5.10 Å². The topological polar surface area (TPSA) is 33.1 Å². The number of halogens is 1.